The van der Waals surface area contributed by atoms with E-state index in [9.17, 15) is 9.59 Å². The number of anilines is 1. The van der Waals surface area contributed by atoms with Gasteiger partial charge in [-0.05, 0) is 36.2 Å². The standard InChI is InChI=1S/C16H13Cl2NO3/c17-12-4-2-1-3-10(12)6-8-15(20)19-14-9-11(16(21)22)5-7-13(14)18/h1-5,7,9H,6,8H2,(H,19,20)(H,21,22). The third-order valence-corrected chi connectivity index (χ3v) is 3.76. The molecule has 0 bridgehead atoms. The number of benzene rings is 2. The molecule has 0 aliphatic carbocycles. The molecule has 2 aromatic rings. The first kappa shape index (κ1) is 16.3. The maximum absolute atomic E-state index is 12.0. The Kier molecular flexibility index (Phi) is 5.41. The van der Waals surface area contributed by atoms with E-state index in [2.05, 4.69) is 5.32 Å². The molecule has 0 aromatic heterocycles. The summed E-state index contributed by atoms with van der Waals surface area (Å²) >= 11 is 12.0. The Balaban J connectivity index is 2.02. The molecule has 2 N–H and O–H groups in total. The number of hydrogen-bond acceptors (Lipinski definition) is 2. The predicted octanol–water partition coefficient (Wildman–Crippen LogP) is 4.26. The molecule has 0 aliphatic rings. The third-order valence-electron chi connectivity index (χ3n) is 3.07. The highest BCUT2D eigenvalue weighted by atomic mass is 35.5. The van der Waals surface area contributed by atoms with Crippen molar-refractivity contribution in [2.75, 3.05) is 5.32 Å². The summed E-state index contributed by atoms with van der Waals surface area (Å²) in [5, 5.41) is 12.5. The molecule has 0 saturated heterocycles. The Morgan fingerprint density at radius 3 is 2.45 bits per heavy atom. The SMILES string of the molecule is O=C(CCc1ccccc1Cl)Nc1cc(C(=O)O)ccc1Cl. The first-order valence-corrected chi connectivity index (χ1v) is 7.29. The number of carboxylic acids is 1. The molecule has 22 heavy (non-hydrogen) atoms. The van der Waals surface area contributed by atoms with Gasteiger partial charge in [-0.15, -0.1) is 0 Å². The average molecular weight is 338 g/mol. The molecule has 0 spiro atoms. The largest absolute Gasteiger partial charge is 0.478 e. The van der Waals surface area contributed by atoms with Crippen molar-refractivity contribution in [2.45, 2.75) is 12.8 Å². The maximum Gasteiger partial charge on any atom is 0.335 e. The van der Waals surface area contributed by atoms with Gasteiger partial charge in [-0.3, -0.25) is 4.79 Å². The number of amides is 1. The van der Waals surface area contributed by atoms with Crippen LogP contribution in [0.5, 0.6) is 0 Å². The molecule has 0 radical (unpaired) electrons. The van der Waals surface area contributed by atoms with Gasteiger partial charge in [0.25, 0.3) is 0 Å². The fraction of sp³-hybridized carbons (Fsp3) is 0.125. The zero-order valence-corrected chi connectivity index (χ0v) is 13.0. The molecule has 2 rings (SSSR count). The van der Waals surface area contributed by atoms with Crippen LogP contribution < -0.4 is 5.32 Å². The molecule has 6 heteroatoms. The van der Waals surface area contributed by atoms with Crippen molar-refractivity contribution in [1.82, 2.24) is 0 Å². The lowest BCUT2D eigenvalue weighted by Gasteiger charge is -2.09. The molecule has 2 aromatic carbocycles. The Labute approximate surface area is 137 Å². The minimum atomic E-state index is -1.08. The van der Waals surface area contributed by atoms with Gasteiger partial charge in [0.2, 0.25) is 5.91 Å². The van der Waals surface area contributed by atoms with Gasteiger partial charge in [0.05, 0.1) is 16.3 Å². The van der Waals surface area contributed by atoms with Crippen molar-refractivity contribution >= 4 is 40.8 Å². The smallest absolute Gasteiger partial charge is 0.335 e. The van der Waals surface area contributed by atoms with Gasteiger partial charge in [-0.1, -0.05) is 41.4 Å². The van der Waals surface area contributed by atoms with Crippen molar-refractivity contribution in [3.8, 4) is 0 Å². The first-order chi connectivity index (χ1) is 10.5. The van der Waals surface area contributed by atoms with Crippen LogP contribution in [0, 0.1) is 0 Å². The molecular formula is C16H13Cl2NO3. The van der Waals surface area contributed by atoms with Crippen LogP contribution in [0.25, 0.3) is 0 Å². The molecule has 0 atom stereocenters. The second-order valence-electron chi connectivity index (χ2n) is 4.64. The lowest BCUT2D eigenvalue weighted by Crippen LogP contribution is -2.13. The van der Waals surface area contributed by atoms with E-state index in [0.717, 1.165) is 5.56 Å². The molecule has 1 amide bonds. The Bertz CT molecular complexity index is 716. The maximum atomic E-state index is 12.0. The van der Waals surface area contributed by atoms with Gasteiger partial charge in [-0.25, -0.2) is 4.79 Å². The number of carbonyl (C=O) groups is 2. The molecule has 0 unspecified atom stereocenters. The molecule has 0 heterocycles. The topological polar surface area (TPSA) is 66.4 Å². The van der Waals surface area contributed by atoms with Crippen LogP contribution >= 0.6 is 23.2 Å². The van der Waals surface area contributed by atoms with Crippen LogP contribution in [0.15, 0.2) is 42.5 Å². The molecular weight excluding hydrogens is 325 g/mol. The number of aryl methyl sites for hydroxylation is 1. The Hall–Kier alpha value is -2.04. The number of rotatable bonds is 5. The number of carbonyl (C=O) groups excluding carboxylic acids is 1. The lowest BCUT2D eigenvalue weighted by atomic mass is 10.1. The van der Waals surface area contributed by atoms with E-state index in [-0.39, 0.29) is 28.6 Å². The van der Waals surface area contributed by atoms with E-state index >= 15 is 0 Å². The van der Waals surface area contributed by atoms with Crippen LogP contribution in [-0.2, 0) is 11.2 Å². The predicted molar refractivity (Wildman–Crippen MR) is 86.8 cm³/mol. The summed E-state index contributed by atoms with van der Waals surface area (Å²) in [5.74, 6) is -1.34. The van der Waals surface area contributed by atoms with Crippen LogP contribution in [-0.4, -0.2) is 17.0 Å². The van der Waals surface area contributed by atoms with Crippen molar-refractivity contribution in [1.29, 1.82) is 0 Å². The quantitative estimate of drug-likeness (QED) is 0.856. The molecule has 0 fully saturated rings. The number of nitrogens with one attached hydrogen (secondary N) is 1. The monoisotopic (exact) mass is 337 g/mol. The number of aromatic carboxylic acids is 1. The molecule has 4 nitrogen and oxygen atoms in total. The average Bonchev–Trinajstić information content (AvgIpc) is 2.48. The number of halogens is 2. The summed E-state index contributed by atoms with van der Waals surface area (Å²) in [4.78, 5) is 22.9. The van der Waals surface area contributed by atoms with Gasteiger partial charge in [-0.2, -0.15) is 0 Å². The number of hydrogen-bond donors (Lipinski definition) is 2. The first-order valence-electron chi connectivity index (χ1n) is 6.53. The van der Waals surface area contributed by atoms with Gasteiger partial charge >= 0.3 is 5.97 Å². The van der Waals surface area contributed by atoms with E-state index < -0.39 is 5.97 Å². The molecule has 0 saturated carbocycles. The summed E-state index contributed by atoms with van der Waals surface area (Å²) in [6.07, 6.45) is 0.707. The lowest BCUT2D eigenvalue weighted by molar-refractivity contribution is -0.116. The summed E-state index contributed by atoms with van der Waals surface area (Å²) in [6, 6.07) is 11.4. The minimum Gasteiger partial charge on any atom is -0.478 e. The normalized spacial score (nSPS) is 10.3. The Morgan fingerprint density at radius 2 is 1.77 bits per heavy atom. The van der Waals surface area contributed by atoms with Crippen LogP contribution in [0.3, 0.4) is 0 Å². The zero-order valence-electron chi connectivity index (χ0n) is 11.5. The van der Waals surface area contributed by atoms with E-state index in [1.54, 1.807) is 6.07 Å². The van der Waals surface area contributed by atoms with E-state index in [1.807, 2.05) is 18.2 Å². The Morgan fingerprint density at radius 1 is 1.05 bits per heavy atom. The van der Waals surface area contributed by atoms with Crippen LogP contribution in [0.1, 0.15) is 22.3 Å². The van der Waals surface area contributed by atoms with E-state index in [1.165, 1.54) is 18.2 Å². The van der Waals surface area contributed by atoms with Crippen LogP contribution in [0.4, 0.5) is 5.69 Å². The van der Waals surface area contributed by atoms with Crippen molar-refractivity contribution in [3.05, 3.63) is 63.6 Å². The molecule has 0 aliphatic heterocycles. The second kappa shape index (κ2) is 7.29. The fourth-order valence-corrected chi connectivity index (χ4v) is 2.31. The summed E-state index contributed by atoms with van der Waals surface area (Å²) in [5.41, 5.74) is 1.22. The van der Waals surface area contributed by atoms with Gasteiger partial charge in [0, 0.05) is 11.4 Å². The summed E-state index contributed by atoms with van der Waals surface area (Å²) in [6.45, 7) is 0. The van der Waals surface area contributed by atoms with Crippen molar-refractivity contribution < 1.29 is 14.7 Å². The molecule has 114 valence electrons. The van der Waals surface area contributed by atoms with Crippen molar-refractivity contribution in [2.24, 2.45) is 0 Å². The fourth-order valence-electron chi connectivity index (χ4n) is 1.92. The van der Waals surface area contributed by atoms with E-state index in [0.29, 0.717) is 11.4 Å². The van der Waals surface area contributed by atoms with Crippen LogP contribution in [0.2, 0.25) is 10.0 Å². The van der Waals surface area contributed by atoms with Crippen molar-refractivity contribution in [3.63, 3.8) is 0 Å². The second-order valence-corrected chi connectivity index (χ2v) is 5.45. The summed E-state index contributed by atoms with van der Waals surface area (Å²) in [7, 11) is 0. The van der Waals surface area contributed by atoms with E-state index in [4.69, 9.17) is 28.3 Å². The zero-order chi connectivity index (χ0) is 16.1. The third kappa shape index (κ3) is 4.23. The minimum absolute atomic E-state index is 0.0609. The van der Waals surface area contributed by atoms with Gasteiger partial charge < -0.3 is 10.4 Å². The van der Waals surface area contributed by atoms with Gasteiger partial charge in [0.1, 0.15) is 0 Å². The summed E-state index contributed by atoms with van der Waals surface area (Å²) < 4.78 is 0. The highest BCUT2D eigenvalue weighted by Crippen LogP contribution is 2.24. The number of carboxylic acid groups (broad SMARTS) is 1. The highest BCUT2D eigenvalue weighted by Gasteiger charge is 2.11. The highest BCUT2D eigenvalue weighted by molar-refractivity contribution is 6.34. The van der Waals surface area contributed by atoms with Gasteiger partial charge in [0.15, 0.2) is 0 Å².